The summed E-state index contributed by atoms with van der Waals surface area (Å²) in [6.45, 7) is 8.00. The fourth-order valence-electron chi connectivity index (χ4n) is 0.915. The van der Waals surface area contributed by atoms with E-state index in [1.165, 1.54) is 26.3 Å². The van der Waals surface area contributed by atoms with Gasteiger partial charge in [0.25, 0.3) is 5.91 Å². The fraction of sp³-hybridized carbons (Fsp3) is 0.462. The Balaban J connectivity index is 0. The molecule has 0 fully saturated rings. The Labute approximate surface area is 117 Å². The molecule has 1 aromatic rings. The van der Waals surface area contributed by atoms with E-state index in [4.69, 9.17) is 0 Å². The molecule has 0 saturated carbocycles. The van der Waals surface area contributed by atoms with Crippen LogP contribution in [0.1, 0.15) is 38.1 Å². The number of rotatable bonds is 2. The molecule has 104 valence electrons. The van der Waals surface area contributed by atoms with Gasteiger partial charge < -0.3 is 0 Å². The van der Waals surface area contributed by atoms with Crippen molar-refractivity contribution in [2.45, 2.75) is 27.7 Å². The van der Waals surface area contributed by atoms with E-state index >= 15 is 0 Å². The minimum atomic E-state index is -0.576. The molecule has 0 saturated heterocycles. The molecule has 0 bridgehead atoms. The highest BCUT2D eigenvalue weighted by Gasteiger charge is 2.15. The van der Waals surface area contributed by atoms with Gasteiger partial charge in [0.1, 0.15) is 5.82 Å². The summed E-state index contributed by atoms with van der Waals surface area (Å²) in [5, 5.41) is 0.965. The van der Waals surface area contributed by atoms with Crippen molar-refractivity contribution in [1.82, 2.24) is 5.06 Å². The number of halogens is 2. The zero-order chi connectivity index (χ0) is 14.7. The van der Waals surface area contributed by atoms with E-state index in [1.54, 1.807) is 6.07 Å². The van der Waals surface area contributed by atoms with Gasteiger partial charge in [0, 0.05) is 11.5 Å². The van der Waals surface area contributed by atoms with Crippen molar-refractivity contribution in [3.8, 4) is 0 Å². The summed E-state index contributed by atoms with van der Waals surface area (Å²) in [4.78, 5) is 16.1. The van der Waals surface area contributed by atoms with Crippen LogP contribution in [-0.2, 0) is 4.84 Å². The third-order valence-electron chi connectivity index (χ3n) is 1.72. The first kappa shape index (κ1) is 19.4. The van der Waals surface area contributed by atoms with Gasteiger partial charge in [0.05, 0.1) is 12.7 Å². The summed E-state index contributed by atoms with van der Waals surface area (Å²) in [5.74, 6) is -1.09. The summed E-state index contributed by atoms with van der Waals surface area (Å²) in [6.07, 6.45) is 0. The number of hydrogen-bond donors (Lipinski definition) is 0. The molecule has 1 amide bonds. The van der Waals surface area contributed by atoms with Gasteiger partial charge in [-0.2, -0.15) is 0 Å². The largest absolute Gasteiger partial charge is 0.280 e. The zero-order valence-corrected chi connectivity index (χ0v) is 13.3. The van der Waals surface area contributed by atoms with Gasteiger partial charge in [-0.15, -0.1) is 0 Å². The van der Waals surface area contributed by atoms with Crippen molar-refractivity contribution in [3.05, 3.63) is 34.1 Å². The van der Waals surface area contributed by atoms with Crippen molar-refractivity contribution in [1.29, 1.82) is 0 Å². The van der Waals surface area contributed by atoms with Crippen LogP contribution >= 0.6 is 15.9 Å². The lowest BCUT2D eigenvalue weighted by Gasteiger charge is -2.13. The van der Waals surface area contributed by atoms with Crippen LogP contribution in [-0.4, -0.2) is 25.1 Å². The fourth-order valence-corrected chi connectivity index (χ4v) is 1.25. The Kier molecular flexibility index (Phi) is 12.0. The molecule has 0 N–H and O–H groups in total. The lowest BCUT2D eigenvalue weighted by atomic mass is 10.2. The van der Waals surface area contributed by atoms with Gasteiger partial charge in [-0.1, -0.05) is 43.6 Å². The molecule has 3 nitrogen and oxygen atoms in total. The first-order valence-electron chi connectivity index (χ1n) is 5.83. The molecule has 18 heavy (non-hydrogen) atoms. The maximum absolute atomic E-state index is 13.3. The van der Waals surface area contributed by atoms with Gasteiger partial charge in [0.15, 0.2) is 0 Å². The Morgan fingerprint density at radius 3 is 2.17 bits per heavy atom. The molecule has 5 heteroatoms. The Morgan fingerprint density at radius 1 is 1.28 bits per heavy atom. The maximum atomic E-state index is 13.3. The van der Waals surface area contributed by atoms with Crippen LogP contribution in [0.25, 0.3) is 0 Å². The number of carbonyl (C=O) groups is 1. The Bertz CT molecular complexity index is 359. The number of carbonyl (C=O) groups excluding carboxylic acids is 1. The normalized spacial score (nSPS) is 8.44. The highest BCUT2D eigenvalue weighted by molar-refractivity contribution is 9.10. The third-order valence-corrected chi connectivity index (χ3v) is 2.21. The number of nitrogens with zero attached hydrogens (tertiary/aromatic N) is 1. The molecule has 0 aromatic heterocycles. The van der Waals surface area contributed by atoms with Gasteiger partial charge in [-0.3, -0.25) is 9.63 Å². The molecule has 0 spiro atoms. The monoisotopic (exact) mass is 321 g/mol. The number of amides is 1. The van der Waals surface area contributed by atoms with Crippen LogP contribution in [0.2, 0.25) is 0 Å². The lowest BCUT2D eigenvalue weighted by molar-refractivity contribution is -0.0759. The topological polar surface area (TPSA) is 29.5 Å². The third kappa shape index (κ3) is 6.12. The predicted octanol–water partition coefficient (Wildman–Crippen LogP) is 4.27. The van der Waals surface area contributed by atoms with Gasteiger partial charge in [-0.25, -0.2) is 9.45 Å². The average Bonchev–Trinajstić information content (AvgIpc) is 2.41. The van der Waals surface area contributed by atoms with E-state index in [2.05, 4.69) is 20.8 Å². The number of hydroxylamine groups is 2. The van der Waals surface area contributed by atoms with Crippen LogP contribution in [0.5, 0.6) is 0 Å². The summed E-state index contributed by atoms with van der Waals surface area (Å²) in [6, 6.07) is 4.23. The second-order valence-corrected chi connectivity index (χ2v) is 3.53. The van der Waals surface area contributed by atoms with Crippen LogP contribution in [0, 0.1) is 5.82 Å². The second kappa shape index (κ2) is 11.2. The van der Waals surface area contributed by atoms with E-state index in [9.17, 15) is 9.18 Å². The lowest BCUT2D eigenvalue weighted by Crippen LogP contribution is -2.26. The number of benzene rings is 1. The molecule has 0 aliphatic rings. The molecule has 1 rings (SSSR count). The highest BCUT2D eigenvalue weighted by Crippen LogP contribution is 2.16. The first-order chi connectivity index (χ1) is 8.56. The molecule has 0 atom stereocenters. The molecular formula is C13H21BrFNO2. The van der Waals surface area contributed by atoms with Crippen molar-refractivity contribution in [3.63, 3.8) is 0 Å². The standard InChI is InChI=1S/C9H9BrFNO2.2C2H6/c1-12(14-2)9(13)7-4-3-6(10)5-8(7)11;2*1-2/h3-5H,1-2H3;2*1-2H3. The maximum Gasteiger partial charge on any atom is 0.280 e. The summed E-state index contributed by atoms with van der Waals surface area (Å²) in [7, 11) is 2.76. The quantitative estimate of drug-likeness (QED) is 0.761. The summed E-state index contributed by atoms with van der Waals surface area (Å²) < 4.78 is 13.9. The second-order valence-electron chi connectivity index (χ2n) is 2.61. The van der Waals surface area contributed by atoms with E-state index < -0.39 is 11.7 Å². The summed E-state index contributed by atoms with van der Waals surface area (Å²) >= 11 is 3.10. The van der Waals surface area contributed by atoms with Crippen molar-refractivity contribution in [2.24, 2.45) is 0 Å². The molecule has 0 heterocycles. The van der Waals surface area contributed by atoms with Crippen LogP contribution in [0.4, 0.5) is 4.39 Å². The van der Waals surface area contributed by atoms with E-state index in [1.807, 2.05) is 27.7 Å². The van der Waals surface area contributed by atoms with Crippen LogP contribution < -0.4 is 0 Å². The minimum Gasteiger partial charge on any atom is -0.274 e. The van der Waals surface area contributed by atoms with Crippen molar-refractivity contribution >= 4 is 21.8 Å². The Morgan fingerprint density at radius 2 is 1.78 bits per heavy atom. The van der Waals surface area contributed by atoms with E-state index in [0.29, 0.717) is 4.47 Å². The molecule has 0 aliphatic heterocycles. The first-order valence-corrected chi connectivity index (χ1v) is 6.62. The van der Waals surface area contributed by atoms with E-state index in [-0.39, 0.29) is 5.56 Å². The predicted molar refractivity (Wildman–Crippen MR) is 75.9 cm³/mol. The van der Waals surface area contributed by atoms with E-state index in [0.717, 1.165) is 5.06 Å². The van der Waals surface area contributed by atoms with Gasteiger partial charge in [0.2, 0.25) is 0 Å². The van der Waals surface area contributed by atoms with Crippen LogP contribution in [0.15, 0.2) is 22.7 Å². The Hall–Kier alpha value is -0.940. The van der Waals surface area contributed by atoms with Crippen LogP contribution in [0.3, 0.4) is 0 Å². The molecule has 0 aliphatic carbocycles. The van der Waals surface area contributed by atoms with Gasteiger partial charge in [-0.05, 0) is 18.2 Å². The molecule has 0 radical (unpaired) electrons. The minimum absolute atomic E-state index is 0.0162. The SMILES string of the molecule is CC.CC.CON(C)C(=O)c1ccc(Br)cc1F. The van der Waals surface area contributed by atoms with Gasteiger partial charge >= 0.3 is 0 Å². The smallest absolute Gasteiger partial charge is 0.274 e. The average molecular weight is 322 g/mol. The molecule has 0 unspecified atom stereocenters. The highest BCUT2D eigenvalue weighted by atomic mass is 79.9. The van der Waals surface area contributed by atoms with Crippen molar-refractivity contribution < 1.29 is 14.0 Å². The molecular weight excluding hydrogens is 301 g/mol. The number of hydrogen-bond acceptors (Lipinski definition) is 2. The molecule has 1 aromatic carbocycles. The summed E-state index contributed by atoms with van der Waals surface area (Å²) in [5.41, 5.74) is -0.0162. The van der Waals surface area contributed by atoms with Crippen molar-refractivity contribution in [2.75, 3.05) is 14.2 Å². The zero-order valence-electron chi connectivity index (χ0n) is 11.8.